The van der Waals surface area contributed by atoms with Gasteiger partial charge in [0.2, 0.25) is 0 Å². The van der Waals surface area contributed by atoms with Crippen molar-refractivity contribution in [1.82, 2.24) is 0 Å². The van der Waals surface area contributed by atoms with Crippen LogP contribution in [-0.2, 0) is 13.0 Å². The minimum Gasteiger partial charge on any atom is -0.488 e. The molecular weight excluding hydrogens is 515 g/mol. The van der Waals surface area contributed by atoms with Gasteiger partial charge in [0, 0.05) is 5.56 Å². The Balaban J connectivity index is 1.41. The molecule has 0 aliphatic carbocycles. The number of rotatable bonds is 10. The highest BCUT2D eigenvalue weighted by molar-refractivity contribution is 7.55. The van der Waals surface area contributed by atoms with Crippen LogP contribution in [0, 0.1) is 0 Å². The molecule has 2 heteroatoms. The van der Waals surface area contributed by atoms with E-state index < -0.39 is 0 Å². The van der Waals surface area contributed by atoms with Gasteiger partial charge >= 0.3 is 0 Å². The summed E-state index contributed by atoms with van der Waals surface area (Å²) in [5.41, 5.74) is 7.34. The third kappa shape index (κ3) is 6.43. The Bertz CT molecular complexity index is 1720. The summed E-state index contributed by atoms with van der Waals surface area (Å²) in [6.07, 6.45) is 3.52. The minimum atomic E-state index is 0.533. The number of ether oxygens (including phenoxy) is 1. The van der Waals surface area contributed by atoms with Crippen LogP contribution >= 0.6 is 8.58 Å². The summed E-state index contributed by atoms with van der Waals surface area (Å²) < 4.78 is 6.56. The van der Waals surface area contributed by atoms with E-state index in [9.17, 15) is 0 Å². The van der Waals surface area contributed by atoms with Crippen LogP contribution in [0.15, 0.2) is 140 Å². The van der Waals surface area contributed by atoms with E-state index in [2.05, 4.69) is 140 Å². The first-order valence-corrected chi connectivity index (χ1v) is 15.5. The predicted molar refractivity (Wildman–Crippen MR) is 178 cm³/mol. The molecule has 6 rings (SSSR count). The van der Waals surface area contributed by atoms with Gasteiger partial charge in [0.05, 0.1) is 0 Å². The number of fused-ring (bicyclic) bond motifs is 1. The minimum absolute atomic E-state index is 0.533. The molecule has 0 N–H and O–H groups in total. The molecular formula is C39H35OP. The van der Waals surface area contributed by atoms with Gasteiger partial charge in [-0.1, -0.05) is 155 Å². The topological polar surface area (TPSA) is 9.23 Å². The lowest BCUT2D eigenvalue weighted by Gasteiger charge is -2.18. The maximum absolute atomic E-state index is 6.56. The first kappa shape index (κ1) is 27.0. The lowest BCUT2D eigenvalue weighted by atomic mass is 9.90. The molecule has 0 aliphatic rings. The third-order valence-corrected chi connectivity index (χ3v) is 8.80. The molecule has 1 unspecified atom stereocenters. The summed E-state index contributed by atoms with van der Waals surface area (Å²) >= 11 is 0. The fraction of sp³-hybridized carbons (Fsp3) is 0.128. The van der Waals surface area contributed by atoms with E-state index in [1.165, 1.54) is 56.5 Å². The lowest BCUT2D eigenvalue weighted by Crippen LogP contribution is -2.02. The van der Waals surface area contributed by atoms with Gasteiger partial charge in [0.25, 0.3) is 0 Å². The van der Waals surface area contributed by atoms with E-state index in [-0.39, 0.29) is 0 Å². The van der Waals surface area contributed by atoms with E-state index in [0.717, 1.165) is 23.3 Å². The zero-order valence-corrected chi connectivity index (χ0v) is 24.5. The van der Waals surface area contributed by atoms with Crippen molar-refractivity contribution in [2.75, 3.05) is 0 Å². The van der Waals surface area contributed by atoms with Crippen molar-refractivity contribution in [3.05, 3.63) is 151 Å². The first-order valence-electron chi connectivity index (χ1n) is 14.5. The van der Waals surface area contributed by atoms with Crippen molar-refractivity contribution in [3.8, 4) is 28.0 Å². The molecule has 0 radical (unpaired) electrons. The average molecular weight is 551 g/mol. The van der Waals surface area contributed by atoms with E-state index >= 15 is 0 Å². The SMILES string of the molecule is CCCCc1ccc2c(-c3ccccc3-c3ccc(Pc4ccccc4)cc3)c(OCc3ccccc3)ccc2c1. The molecule has 41 heavy (non-hydrogen) atoms. The smallest absolute Gasteiger partial charge is 0.128 e. The molecule has 0 bridgehead atoms. The van der Waals surface area contributed by atoms with Gasteiger partial charge in [-0.3, -0.25) is 0 Å². The van der Waals surface area contributed by atoms with Gasteiger partial charge in [0.1, 0.15) is 12.4 Å². The standard InChI is InChI=1S/C39H35OP/c1-2-3-12-29-19-25-36-32(27-29)22-26-38(40-28-30-13-6-4-7-14-30)39(36)37-18-11-10-17-35(37)31-20-23-34(24-21-31)41-33-15-8-5-9-16-33/h4-11,13-27,41H,2-3,12,28H2,1H3. The molecule has 1 atom stereocenters. The molecule has 0 heterocycles. The molecule has 0 fully saturated rings. The zero-order chi connectivity index (χ0) is 27.9. The average Bonchev–Trinajstić information content (AvgIpc) is 3.04. The van der Waals surface area contributed by atoms with E-state index in [4.69, 9.17) is 4.74 Å². The van der Waals surface area contributed by atoms with Crippen molar-refractivity contribution in [2.24, 2.45) is 0 Å². The Morgan fingerprint density at radius 3 is 2.02 bits per heavy atom. The highest BCUT2D eigenvalue weighted by Crippen LogP contribution is 2.42. The second-order valence-electron chi connectivity index (χ2n) is 10.5. The van der Waals surface area contributed by atoms with Crippen LogP contribution in [0.1, 0.15) is 30.9 Å². The van der Waals surface area contributed by atoms with E-state index in [0.29, 0.717) is 15.2 Å². The van der Waals surface area contributed by atoms with Crippen LogP contribution in [0.4, 0.5) is 0 Å². The van der Waals surface area contributed by atoms with Crippen LogP contribution in [0.3, 0.4) is 0 Å². The van der Waals surface area contributed by atoms with Gasteiger partial charge in [-0.15, -0.1) is 0 Å². The molecule has 0 spiro atoms. The van der Waals surface area contributed by atoms with Crippen LogP contribution in [-0.4, -0.2) is 0 Å². The number of unbranched alkanes of at least 4 members (excludes halogenated alkanes) is 1. The third-order valence-electron chi connectivity index (χ3n) is 7.56. The van der Waals surface area contributed by atoms with Gasteiger partial charge in [0.15, 0.2) is 0 Å². The maximum atomic E-state index is 6.56. The highest BCUT2D eigenvalue weighted by atomic mass is 31.1. The Kier molecular flexibility index (Phi) is 8.55. The monoisotopic (exact) mass is 550 g/mol. The fourth-order valence-electron chi connectivity index (χ4n) is 5.40. The number of benzene rings is 6. The number of hydrogen-bond acceptors (Lipinski definition) is 1. The summed E-state index contributed by atoms with van der Waals surface area (Å²) in [6, 6.07) is 50.3. The molecule has 6 aromatic rings. The lowest BCUT2D eigenvalue weighted by molar-refractivity contribution is 0.308. The molecule has 0 saturated carbocycles. The summed E-state index contributed by atoms with van der Waals surface area (Å²) in [4.78, 5) is 0. The molecule has 1 nitrogen and oxygen atoms in total. The van der Waals surface area contributed by atoms with Gasteiger partial charge in [-0.2, -0.15) is 0 Å². The van der Waals surface area contributed by atoms with E-state index in [1.807, 2.05) is 6.07 Å². The van der Waals surface area contributed by atoms with E-state index in [1.54, 1.807) is 0 Å². The van der Waals surface area contributed by atoms with Crippen LogP contribution in [0.2, 0.25) is 0 Å². The number of aryl methyl sites for hydroxylation is 1. The Morgan fingerprint density at radius 2 is 1.27 bits per heavy atom. The Morgan fingerprint density at radius 1 is 0.585 bits per heavy atom. The molecule has 202 valence electrons. The van der Waals surface area contributed by atoms with Crippen LogP contribution < -0.4 is 15.3 Å². The Hall–Kier alpha value is -4.19. The highest BCUT2D eigenvalue weighted by Gasteiger charge is 2.16. The van der Waals surface area contributed by atoms with Gasteiger partial charge < -0.3 is 4.74 Å². The predicted octanol–water partition coefficient (Wildman–Crippen LogP) is 9.72. The Labute approximate surface area is 245 Å². The second kappa shape index (κ2) is 13.0. The largest absolute Gasteiger partial charge is 0.488 e. The molecule has 0 aromatic heterocycles. The summed E-state index contributed by atoms with van der Waals surface area (Å²) in [6.45, 7) is 2.78. The normalized spacial score (nSPS) is 11.3. The van der Waals surface area contributed by atoms with Crippen molar-refractivity contribution >= 4 is 30.0 Å². The fourth-order valence-corrected chi connectivity index (χ4v) is 6.43. The van der Waals surface area contributed by atoms with Crippen molar-refractivity contribution in [2.45, 2.75) is 32.8 Å². The second-order valence-corrected chi connectivity index (χ2v) is 11.9. The quantitative estimate of drug-likeness (QED) is 0.154. The van der Waals surface area contributed by atoms with Gasteiger partial charge in [-0.25, -0.2) is 0 Å². The first-order chi connectivity index (χ1) is 20.3. The molecule has 0 amide bonds. The molecule has 6 aromatic carbocycles. The van der Waals surface area contributed by atoms with Crippen molar-refractivity contribution in [1.29, 1.82) is 0 Å². The molecule has 0 saturated heterocycles. The van der Waals surface area contributed by atoms with Crippen LogP contribution in [0.25, 0.3) is 33.0 Å². The maximum Gasteiger partial charge on any atom is 0.128 e. The van der Waals surface area contributed by atoms with Crippen molar-refractivity contribution < 1.29 is 4.74 Å². The molecule has 0 aliphatic heterocycles. The summed E-state index contributed by atoms with van der Waals surface area (Å²) in [7, 11) is 0.650. The summed E-state index contributed by atoms with van der Waals surface area (Å²) in [5, 5.41) is 5.18. The van der Waals surface area contributed by atoms with Gasteiger partial charge in [-0.05, 0) is 68.1 Å². The van der Waals surface area contributed by atoms with Crippen molar-refractivity contribution in [3.63, 3.8) is 0 Å². The summed E-state index contributed by atoms with van der Waals surface area (Å²) in [5.74, 6) is 0.914. The van der Waals surface area contributed by atoms with Crippen LogP contribution in [0.5, 0.6) is 5.75 Å². The zero-order valence-electron chi connectivity index (χ0n) is 23.5. The number of hydrogen-bond donors (Lipinski definition) is 0.